The predicted octanol–water partition coefficient (Wildman–Crippen LogP) is 2.44. The highest BCUT2D eigenvalue weighted by Crippen LogP contribution is 2.32. The van der Waals surface area contributed by atoms with Crippen LogP contribution in [0.5, 0.6) is 0 Å². The van der Waals surface area contributed by atoms with E-state index in [0.717, 1.165) is 0 Å². The van der Waals surface area contributed by atoms with Gasteiger partial charge in [-0.05, 0) is 15.9 Å². The van der Waals surface area contributed by atoms with Crippen molar-refractivity contribution in [3.8, 4) is 0 Å². The Balaban J connectivity index is 2.88. The summed E-state index contributed by atoms with van der Waals surface area (Å²) in [5.41, 5.74) is -0.280. The Labute approximate surface area is 91.2 Å². The standard InChI is InChI=1S/C8H3BrFN3O2/c9-6-5(13(14)15)1-4-2-11-3-12-8(4)7(6)10/h1-3H. The Bertz CT molecular complexity index is 561. The first-order chi connectivity index (χ1) is 7.11. The lowest BCUT2D eigenvalue weighted by Gasteiger charge is -2.00. The number of hydrogen-bond acceptors (Lipinski definition) is 4. The molecule has 0 amide bonds. The molecule has 2 rings (SSSR count). The Hall–Kier alpha value is -1.63. The van der Waals surface area contributed by atoms with Crippen LogP contribution in [-0.4, -0.2) is 14.9 Å². The molecule has 0 N–H and O–H groups in total. The van der Waals surface area contributed by atoms with Gasteiger partial charge in [-0.25, -0.2) is 14.4 Å². The molecule has 0 aliphatic rings. The summed E-state index contributed by atoms with van der Waals surface area (Å²) in [7, 11) is 0. The maximum atomic E-state index is 13.6. The molecule has 0 aliphatic heterocycles. The number of fused-ring (bicyclic) bond motifs is 1. The van der Waals surface area contributed by atoms with Crippen molar-refractivity contribution in [1.29, 1.82) is 0 Å². The summed E-state index contributed by atoms with van der Waals surface area (Å²) < 4.78 is 13.4. The number of nitro benzene ring substituents is 1. The lowest BCUT2D eigenvalue weighted by Crippen LogP contribution is -1.94. The van der Waals surface area contributed by atoms with Crippen LogP contribution in [0.2, 0.25) is 0 Å². The molecule has 0 unspecified atom stereocenters. The van der Waals surface area contributed by atoms with Crippen molar-refractivity contribution >= 4 is 32.5 Å². The third-order valence-electron chi connectivity index (χ3n) is 1.85. The molecular formula is C8H3BrFN3O2. The predicted molar refractivity (Wildman–Crippen MR) is 53.9 cm³/mol. The first-order valence-electron chi connectivity index (χ1n) is 3.83. The maximum Gasteiger partial charge on any atom is 0.287 e. The summed E-state index contributed by atoms with van der Waals surface area (Å²) in [5.74, 6) is -0.749. The van der Waals surface area contributed by atoms with Crippen LogP contribution in [0.25, 0.3) is 10.9 Å². The van der Waals surface area contributed by atoms with E-state index in [9.17, 15) is 14.5 Å². The zero-order valence-electron chi connectivity index (χ0n) is 7.15. The number of aromatic nitrogens is 2. The van der Waals surface area contributed by atoms with Gasteiger partial charge in [0.05, 0.1) is 4.92 Å². The van der Waals surface area contributed by atoms with Crippen LogP contribution in [-0.2, 0) is 0 Å². The number of halogens is 2. The van der Waals surface area contributed by atoms with Gasteiger partial charge < -0.3 is 0 Å². The van der Waals surface area contributed by atoms with Crippen LogP contribution >= 0.6 is 15.9 Å². The van der Waals surface area contributed by atoms with Gasteiger partial charge in [0, 0.05) is 17.6 Å². The topological polar surface area (TPSA) is 68.9 Å². The molecule has 0 saturated heterocycles. The van der Waals surface area contributed by atoms with E-state index < -0.39 is 10.7 Å². The molecule has 7 heteroatoms. The maximum absolute atomic E-state index is 13.6. The normalized spacial score (nSPS) is 10.5. The molecule has 0 aliphatic carbocycles. The SMILES string of the molecule is O=[N+]([O-])c1cc2cncnc2c(F)c1Br. The van der Waals surface area contributed by atoms with Crippen molar-refractivity contribution in [1.82, 2.24) is 9.97 Å². The minimum atomic E-state index is -0.749. The van der Waals surface area contributed by atoms with Crippen LogP contribution < -0.4 is 0 Å². The fourth-order valence-electron chi connectivity index (χ4n) is 1.19. The van der Waals surface area contributed by atoms with Gasteiger partial charge in [-0.2, -0.15) is 0 Å². The first-order valence-corrected chi connectivity index (χ1v) is 4.62. The molecule has 0 saturated carbocycles. The van der Waals surface area contributed by atoms with Gasteiger partial charge in [-0.15, -0.1) is 0 Å². The molecule has 1 heterocycles. The minimum Gasteiger partial charge on any atom is -0.258 e. The van der Waals surface area contributed by atoms with E-state index in [1.165, 1.54) is 18.6 Å². The fraction of sp³-hybridized carbons (Fsp3) is 0. The Kier molecular flexibility index (Phi) is 2.31. The van der Waals surface area contributed by atoms with E-state index in [-0.39, 0.29) is 15.7 Å². The van der Waals surface area contributed by atoms with E-state index >= 15 is 0 Å². The second-order valence-corrected chi connectivity index (χ2v) is 3.53. The highest BCUT2D eigenvalue weighted by Gasteiger charge is 2.19. The zero-order valence-corrected chi connectivity index (χ0v) is 8.73. The first kappa shape index (κ1) is 9.91. The molecule has 0 bridgehead atoms. The van der Waals surface area contributed by atoms with Crippen molar-refractivity contribution in [2.24, 2.45) is 0 Å². The van der Waals surface area contributed by atoms with Crippen molar-refractivity contribution in [2.45, 2.75) is 0 Å². The Morgan fingerprint density at radius 3 is 2.93 bits per heavy atom. The highest BCUT2D eigenvalue weighted by atomic mass is 79.9. The van der Waals surface area contributed by atoms with Crippen LogP contribution in [0.15, 0.2) is 23.1 Å². The number of nitrogens with zero attached hydrogens (tertiary/aromatic N) is 3. The zero-order chi connectivity index (χ0) is 11.0. The second-order valence-electron chi connectivity index (χ2n) is 2.74. The van der Waals surface area contributed by atoms with Crippen LogP contribution in [0.4, 0.5) is 10.1 Å². The Morgan fingerprint density at radius 1 is 1.53 bits per heavy atom. The van der Waals surface area contributed by atoms with Crippen molar-refractivity contribution in [3.63, 3.8) is 0 Å². The van der Waals surface area contributed by atoms with E-state index in [2.05, 4.69) is 25.9 Å². The van der Waals surface area contributed by atoms with Gasteiger partial charge in [0.25, 0.3) is 5.69 Å². The fourth-order valence-corrected chi connectivity index (χ4v) is 1.64. The average Bonchev–Trinajstić information content (AvgIpc) is 2.23. The lowest BCUT2D eigenvalue weighted by atomic mass is 10.2. The lowest BCUT2D eigenvalue weighted by molar-refractivity contribution is -0.385. The summed E-state index contributed by atoms with van der Waals surface area (Å²) in [5, 5.41) is 10.9. The quantitative estimate of drug-likeness (QED) is 0.590. The summed E-state index contributed by atoms with van der Waals surface area (Å²) >= 11 is 2.82. The summed E-state index contributed by atoms with van der Waals surface area (Å²) in [6.07, 6.45) is 2.51. The molecular weight excluding hydrogens is 269 g/mol. The molecule has 0 atom stereocenters. The number of nitro groups is 1. The van der Waals surface area contributed by atoms with Crippen molar-refractivity contribution in [3.05, 3.63) is 39.0 Å². The molecule has 2 aromatic rings. The van der Waals surface area contributed by atoms with Gasteiger partial charge in [0.1, 0.15) is 16.3 Å². The molecule has 5 nitrogen and oxygen atoms in total. The molecule has 0 spiro atoms. The van der Waals surface area contributed by atoms with Gasteiger partial charge in [0.2, 0.25) is 0 Å². The number of rotatable bonds is 1. The van der Waals surface area contributed by atoms with E-state index in [1.54, 1.807) is 0 Å². The largest absolute Gasteiger partial charge is 0.287 e. The van der Waals surface area contributed by atoms with Gasteiger partial charge in [0.15, 0.2) is 5.82 Å². The van der Waals surface area contributed by atoms with Crippen LogP contribution in [0.1, 0.15) is 0 Å². The molecule has 0 radical (unpaired) electrons. The summed E-state index contributed by atoms with van der Waals surface area (Å²) in [6, 6.07) is 1.22. The number of benzene rings is 1. The van der Waals surface area contributed by atoms with E-state index in [1.807, 2.05) is 0 Å². The summed E-state index contributed by atoms with van der Waals surface area (Å²) in [4.78, 5) is 17.3. The van der Waals surface area contributed by atoms with Gasteiger partial charge in [-0.1, -0.05) is 0 Å². The molecule has 0 fully saturated rings. The smallest absolute Gasteiger partial charge is 0.258 e. The third kappa shape index (κ3) is 1.54. The number of hydrogen-bond donors (Lipinski definition) is 0. The monoisotopic (exact) mass is 271 g/mol. The Morgan fingerprint density at radius 2 is 2.27 bits per heavy atom. The molecule has 1 aromatic heterocycles. The minimum absolute atomic E-state index is 0.0578. The second kappa shape index (κ2) is 3.50. The molecule has 76 valence electrons. The van der Waals surface area contributed by atoms with Crippen molar-refractivity contribution < 1.29 is 9.31 Å². The molecule has 15 heavy (non-hydrogen) atoms. The highest BCUT2D eigenvalue weighted by molar-refractivity contribution is 9.10. The van der Waals surface area contributed by atoms with E-state index in [4.69, 9.17) is 0 Å². The van der Waals surface area contributed by atoms with Crippen molar-refractivity contribution in [2.75, 3.05) is 0 Å². The van der Waals surface area contributed by atoms with Gasteiger partial charge in [-0.3, -0.25) is 10.1 Å². The van der Waals surface area contributed by atoms with E-state index in [0.29, 0.717) is 5.39 Å². The van der Waals surface area contributed by atoms with Crippen LogP contribution in [0, 0.1) is 15.9 Å². The summed E-state index contributed by atoms with van der Waals surface area (Å²) in [6.45, 7) is 0. The third-order valence-corrected chi connectivity index (χ3v) is 2.61. The average molecular weight is 272 g/mol. The molecule has 1 aromatic carbocycles. The van der Waals surface area contributed by atoms with Crippen LogP contribution in [0.3, 0.4) is 0 Å². The van der Waals surface area contributed by atoms with Gasteiger partial charge >= 0.3 is 0 Å².